The summed E-state index contributed by atoms with van der Waals surface area (Å²) in [5.41, 5.74) is 0. The molecule has 0 aliphatic rings. The van der Waals surface area contributed by atoms with E-state index in [0.717, 1.165) is 0 Å². The first-order valence-corrected chi connectivity index (χ1v) is 4.14. The maximum absolute atomic E-state index is 5.04. The van der Waals surface area contributed by atoms with Gasteiger partial charge >= 0.3 is 0 Å². The van der Waals surface area contributed by atoms with E-state index >= 15 is 0 Å². The molecular formula is C12H12O. The molecule has 1 heteroatoms. The lowest BCUT2D eigenvalue weighted by Gasteiger charge is -1.68. The van der Waals surface area contributed by atoms with Crippen LogP contribution < -0.4 is 0 Å². The second-order valence-corrected chi connectivity index (χ2v) is 2.33. The zero-order chi connectivity index (χ0) is 9.19. The highest BCUT2D eigenvalue weighted by Crippen LogP contribution is 1.80. The van der Waals surface area contributed by atoms with Crippen LogP contribution in [0.3, 0.4) is 0 Å². The number of hydrogen-bond acceptors (Lipinski definition) is 1. The summed E-state index contributed by atoms with van der Waals surface area (Å²) in [4.78, 5) is 0. The molecule has 0 saturated heterocycles. The minimum Gasteiger partial charge on any atom is -0.473 e. The lowest BCUT2D eigenvalue weighted by atomic mass is 10.4. The summed E-state index contributed by atoms with van der Waals surface area (Å²) in [5.74, 6) is 0. The highest BCUT2D eigenvalue weighted by Gasteiger charge is 1.59. The highest BCUT2D eigenvalue weighted by atomic mass is 16.3. The average molecular weight is 172 g/mol. The van der Waals surface area contributed by atoms with Gasteiger partial charge in [0.15, 0.2) is 0 Å². The summed E-state index contributed by atoms with van der Waals surface area (Å²) >= 11 is 0. The summed E-state index contributed by atoms with van der Waals surface area (Å²) in [5, 5.41) is 0. The predicted molar refractivity (Wildman–Crippen MR) is 54.0 cm³/mol. The SMILES string of the molecule is c1ccccccoccccc1. The van der Waals surface area contributed by atoms with Gasteiger partial charge in [0.05, 0.1) is 12.5 Å². The third kappa shape index (κ3) is 5.50. The molecule has 1 heterocycles. The van der Waals surface area contributed by atoms with E-state index < -0.39 is 0 Å². The van der Waals surface area contributed by atoms with Crippen molar-refractivity contribution in [1.29, 1.82) is 0 Å². The fourth-order valence-corrected chi connectivity index (χ4v) is 0.740. The quantitative estimate of drug-likeness (QED) is 0.583. The molecule has 0 atom stereocenters. The summed E-state index contributed by atoms with van der Waals surface area (Å²) in [6.45, 7) is 0. The van der Waals surface area contributed by atoms with Crippen molar-refractivity contribution in [2.45, 2.75) is 0 Å². The van der Waals surface area contributed by atoms with E-state index in [0.29, 0.717) is 0 Å². The van der Waals surface area contributed by atoms with Gasteiger partial charge in [-0.05, 0) is 12.1 Å². The molecule has 0 radical (unpaired) electrons. The van der Waals surface area contributed by atoms with Crippen molar-refractivity contribution in [3.63, 3.8) is 0 Å². The Bertz CT molecular complexity index is 199. The van der Waals surface area contributed by atoms with E-state index in [4.69, 9.17) is 4.42 Å². The zero-order valence-corrected chi connectivity index (χ0v) is 7.34. The molecule has 66 valence electrons. The fourth-order valence-electron chi connectivity index (χ4n) is 0.740. The third-order valence-electron chi connectivity index (χ3n) is 1.31. The Morgan fingerprint density at radius 3 is 1.08 bits per heavy atom. The van der Waals surface area contributed by atoms with E-state index in [1.54, 1.807) is 12.5 Å². The first kappa shape index (κ1) is 9.33. The molecule has 1 aromatic rings. The molecule has 0 N–H and O–H groups in total. The summed E-state index contributed by atoms with van der Waals surface area (Å²) in [6.07, 6.45) is 3.25. The summed E-state index contributed by atoms with van der Waals surface area (Å²) in [7, 11) is 0. The van der Waals surface area contributed by atoms with E-state index in [1.165, 1.54) is 0 Å². The standard InChI is InChI=1S/C12H12O/c1-2-4-6-8-10-12-13-11-9-7-5-3-1/h1-12H. The smallest absolute Gasteiger partial charge is 0.0901 e. The number of hydrogen-bond donors (Lipinski definition) is 0. The Hall–Kier alpha value is -1.76. The molecule has 0 amide bonds. The monoisotopic (exact) mass is 172 g/mol. The van der Waals surface area contributed by atoms with E-state index in [9.17, 15) is 0 Å². The van der Waals surface area contributed by atoms with Gasteiger partial charge in [-0.15, -0.1) is 0 Å². The van der Waals surface area contributed by atoms with Gasteiger partial charge in [-0.1, -0.05) is 48.5 Å². The van der Waals surface area contributed by atoms with Crippen molar-refractivity contribution < 1.29 is 4.42 Å². The van der Waals surface area contributed by atoms with Gasteiger partial charge in [0.2, 0.25) is 0 Å². The lowest BCUT2D eigenvalue weighted by molar-refractivity contribution is 0.554. The minimum atomic E-state index is 1.62. The molecule has 0 bridgehead atoms. The van der Waals surface area contributed by atoms with Crippen LogP contribution in [0.5, 0.6) is 0 Å². The van der Waals surface area contributed by atoms with Crippen molar-refractivity contribution in [3.05, 3.63) is 73.2 Å². The molecule has 0 spiro atoms. The van der Waals surface area contributed by atoms with Crippen LogP contribution >= 0.6 is 0 Å². The second kappa shape index (κ2) is 6.92. The zero-order valence-electron chi connectivity index (χ0n) is 7.34. The van der Waals surface area contributed by atoms with Gasteiger partial charge in [0, 0.05) is 0 Å². The second-order valence-electron chi connectivity index (χ2n) is 2.33. The fraction of sp³-hybridized carbons (Fsp3) is 0. The molecule has 0 fully saturated rings. The Kier molecular flexibility index (Phi) is 4.97. The van der Waals surface area contributed by atoms with E-state index in [1.807, 2.05) is 60.7 Å². The summed E-state index contributed by atoms with van der Waals surface area (Å²) < 4.78 is 5.04. The van der Waals surface area contributed by atoms with Crippen LogP contribution in [0.2, 0.25) is 0 Å². The maximum Gasteiger partial charge on any atom is 0.0901 e. The first-order chi connectivity index (χ1) is 6.50. The molecule has 1 aromatic heterocycles. The van der Waals surface area contributed by atoms with Crippen LogP contribution in [0.25, 0.3) is 0 Å². The first-order valence-electron chi connectivity index (χ1n) is 4.14. The van der Waals surface area contributed by atoms with Gasteiger partial charge in [0.25, 0.3) is 0 Å². The average Bonchev–Trinajstić information content (AvgIpc) is 2.18. The third-order valence-corrected chi connectivity index (χ3v) is 1.31. The van der Waals surface area contributed by atoms with Crippen LogP contribution in [0, 0.1) is 0 Å². The van der Waals surface area contributed by atoms with Gasteiger partial charge in [0.1, 0.15) is 0 Å². The molecule has 0 unspecified atom stereocenters. The topological polar surface area (TPSA) is 13.1 Å². The maximum atomic E-state index is 5.04. The van der Waals surface area contributed by atoms with Crippen molar-refractivity contribution >= 4 is 0 Å². The van der Waals surface area contributed by atoms with Crippen molar-refractivity contribution in [3.8, 4) is 0 Å². The van der Waals surface area contributed by atoms with Crippen LogP contribution in [0.4, 0.5) is 0 Å². The Balaban J connectivity index is 3.02. The van der Waals surface area contributed by atoms with Crippen molar-refractivity contribution in [2.24, 2.45) is 0 Å². The largest absolute Gasteiger partial charge is 0.473 e. The molecule has 13 heavy (non-hydrogen) atoms. The Morgan fingerprint density at radius 1 is 0.385 bits per heavy atom. The molecule has 1 rings (SSSR count). The lowest BCUT2D eigenvalue weighted by Crippen LogP contribution is -1.43. The Morgan fingerprint density at radius 2 is 0.692 bits per heavy atom. The van der Waals surface area contributed by atoms with Gasteiger partial charge in [-0.2, -0.15) is 0 Å². The molecule has 1 nitrogen and oxygen atoms in total. The molecule has 0 aliphatic heterocycles. The van der Waals surface area contributed by atoms with Gasteiger partial charge in [-0.3, -0.25) is 0 Å². The normalized spacial score (nSPS) is 8.00. The predicted octanol–water partition coefficient (Wildman–Crippen LogP) is 3.53. The van der Waals surface area contributed by atoms with Crippen molar-refractivity contribution in [2.75, 3.05) is 0 Å². The molecule has 0 aliphatic carbocycles. The van der Waals surface area contributed by atoms with Crippen LogP contribution in [-0.2, 0) is 0 Å². The highest BCUT2D eigenvalue weighted by molar-refractivity contribution is 4.95. The summed E-state index contributed by atoms with van der Waals surface area (Å²) in [6, 6.07) is 19.2. The molecular weight excluding hydrogens is 160 g/mol. The van der Waals surface area contributed by atoms with Crippen LogP contribution in [0.1, 0.15) is 0 Å². The van der Waals surface area contributed by atoms with Crippen LogP contribution in [-0.4, -0.2) is 0 Å². The van der Waals surface area contributed by atoms with E-state index in [2.05, 4.69) is 0 Å². The Labute approximate surface area is 78.3 Å². The van der Waals surface area contributed by atoms with E-state index in [-0.39, 0.29) is 0 Å². The molecule has 0 aromatic carbocycles. The van der Waals surface area contributed by atoms with Crippen molar-refractivity contribution in [1.82, 2.24) is 0 Å². The molecule has 0 saturated carbocycles. The number of rotatable bonds is 0. The minimum absolute atomic E-state index is 1.62. The van der Waals surface area contributed by atoms with Gasteiger partial charge < -0.3 is 4.42 Å². The van der Waals surface area contributed by atoms with Crippen LogP contribution in [0.15, 0.2) is 77.6 Å². The van der Waals surface area contributed by atoms with Gasteiger partial charge in [-0.25, -0.2) is 0 Å².